The van der Waals surface area contributed by atoms with E-state index in [2.05, 4.69) is 0 Å². The molecule has 2 N–H and O–H groups in total. The van der Waals surface area contributed by atoms with Crippen LogP contribution in [0.2, 0.25) is 0 Å². The summed E-state index contributed by atoms with van der Waals surface area (Å²) in [6.45, 7) is 0. The van der Waals surface area contributed by atoms with E-state index in [9.17, 15) is 14.3 Å². The van der Waals surface area contributed by atoms with E-state index in [1.54, 1.807) is 0 Å². The largest absolute Gasteiger partial charge is 0.508 e. The van der Waals surface area contributed by atoms with Crippen LogP contribution in [0.15, 0.2) is 23.1 Å². The summed E-state index contributed by atoms with van der Waals surface area (Å²) in [6, 6.07) is 2.93. The molecule has 6 nitrogen and oxygen atoms in total. The van der Waals surface area contributed by atoms with Crippen molar-refractivity contribution in [2.24, 2.45) is 0 Å². The second kappa shape index (κ2) is 3.50. The van der Waals surface area contributed by atoms with E-state index < -0.39 is 26.6 Å². The standard InChI is InChI=1S/C6H5NO5S/c8-4-1-2-5(7(9)10)6(3-4)13(11)12/h1-3,8H,(H,11,12). The predicted octanol–water partition coefficient (Wildman–Crippen LogP) is 0.881. The van der Waals surface area contributed by atoms with Crippen LogP contribution in [0.4, 0.5) is 5.69 Å². The van der Waals surface area contributed by atoms with Crippen LogP contribution in [0.25, 0.3) is 0 Å². The first-order valence-electron chi connectivity index (χ1n) is 3.10. The third-order valence-corrected chi connectivity index (χ3v) is 2.03. The number of rotatable bonds is 2. The summed E-state index contributed by atoms with van der Waals surface area (Å²) in [5.41, 5.74) is -0.487. The smallest absolute Gasteiger partial charge is 0.288 e. The van der Waals surface area contributed by atoms with Crippen molar-refractivity contribution in [2.45, 2.75) is 4.90 Å². The molecule has 0 heterocycles. The Morgan fingerprint density at radius 2 is 2.08 bits per heavy atom. The maximum atomic E-state index is 10.6. The van der Waals surface area contributed by atoms with Gasteiger partial charge in [-0.2, -0.15) is 0 Å². The van der Waals surface area contributed by atoms with Crippen LogP contribution in [0, 0.1) is 10.1 Å². The first-order valence-corrected chi connectivity index (χ1v) is 4.21. The van der Waals surface area contributed by atoms with Gasteiger partial charge in [0.1, 0.15) is 10.6 Å². The minimum absolute atomic E-state index is 0.289. The van der Waals surface area contributed by atoms with E-state index in [0.717, 1.165) is 18.2 Å². The zero-order chi connectivity index (χ0) is 10.0. The van der Waals surface area contributed by atoms with E-state index in [1.807, 2.05) is 0 Å². The Bertz CT molecular complexity index is 377. The van der Waals surface area contributed by atoms with Gasteiger partial charge in [0, 0.05) is 12.1 Å². The van der Waals surface area contributed by atoms with Crippen molar-refractivity contribution in [2.75, 3.05) is 0 Å². The quantitative estimate of drug-likeness (QED) is 0.422. The van der Waals surface area contributed by atoms with Gasteiger partial charge in [-0.05, 0) is 6.07 Å². The highest BCUT2D eigenvalue weighted by Gasteiger charge is 2.18. The number of nitro benzene ring substituents is 1. The summed E-state index contributed by atoms with van der Waals surface area (Å²) in [4.78, 5) is 9.12. The first-order chi connectivity index (χ1) is 6.02. The molecule has 0 aromatic heterocycles. The lowest BCUT2D eigenvalue weighted by Gasteiger charge is -1.98. The minimum Gasteiger partial charge on any atom is -0.508 e. The molecule has 0 aliphatic heterocycles. The van der Waals surface area contributed by atoms with E-state index >= 15 is 0 Å². The molecule has 1 unspecified atom stereocenters. The Hall–Kier alpha value is -1.47. The fraction of sp³-hybridized carbons (Fsp3) is 0. The highest BCUT2D eigenvalue weighted by Crippen LogP contribution is 2.25. The van der Waals surface area contributed by atoms with Crippen LogP contribution in [-0.2, 0) is 11.1 Å². The molecule has 0 spiro atoms. The first kappa shape index (κ1) is 9.62. The molecule has 70 valence electrons. The monoisotopic (exact) mass is 203 g/mol. The van der Waals surface area contributed by atoms with Gasteiger partial charge in [0.2, 0.25) is 0 Å². The normalized spacial score (nSPS) is 12.4. The average molecular weight is 203 g/mol. The zero-order valence-electron chi connectivity index (χ0n) is 6.21. The summed E-state index contributed by atoms with van der Waals surface area (Å²) in [7, 11) is 0. The van der Waals surface area contributed by atoms with Gasteiger partial charge in [-0.3, -0.25) is 10.1 Å². The molecule has 1 aromatic rings. The SMILES string of the molecule is O=[N+]([O-])c1ccc(O)cc1S(=O)O. The van der Waals surface area contributed by atoms with E-state index in [1.165, 1.54) is 0 Å². The van der Waals surface area contributed by atoms with Gasteiger partial charge < -0.3 is 9.66 Å². The summed E-state index contributed by atoms with van der Waals surface area (Å²) in [5.74, 6) is -0.289. The lowest BCUT2D eigenvalue weighted by atomic mass is 10.3. The van der Waals surface area contributed by atoms with Crippen LogP contribution < -0.4 is 0 Å². The molecular formula is C6H5NO5S. The molecule has 0 saturated heterocycles. The van der Waals surface area contributed by atoms with Crippen LogP contribution in [-0.4, -0.2) is 18.8 Å². The van der Waals surface area contributed by atoms with Crippen LogP contribution in [0.3, 0.4) is 0 Å². The third-order valence-electron chi connectivity index (χ3n) is 1.33. The molecule has 0 aliphatic carbocycles. The van der Waals surface area contributed by atoms with Gasteiger partial charge >= 0.3 is 0 Å². The summed E-state index contributed by atoms with van der Waals surface area (Å²) in [5, 5.41) is 19.2. The highest BCUT2D eigenvalue weighted by molar-refractivity contribution is 7.79. The van der Waals surface area contributed by atoms with Crippen LogP contribution >= 0.6 is 0 Å². The number of benzene rings is 1. The molecule has 0 amide bonds. The lowest BCUT2D eigenvalue weighted by Crippen LogP contribution is -1.96. The van der Waals surface area contributed by atoms with Gasteiger partial charge in [-0.1, -0.05) is 0 Å². The molecule has 1 atom stereocenters. The second-order valence-corrected chi connectivity index (χ2v) is 3.10. The van der Waals surface area contributed by atoms with Gasteiger partial charge in [-0.15, -0.1) is 0 Å². The third kappa shape index (κ3) is 2.01. The molecule has 1 rings (SSSR count). The summed E-state index contributed by atoms with van der Waals surface area (Å²) >= 11 is -2.47. The fourth-order valence-corrected chi connectivity index (χ4v) is 1.34. The Morgan fingerprint density at radius 3 is 2.54 bits per heavy atom. The van der Waals surface area contributed by atoms with Gasteiger partial charge in [0.15, 0.2) is 11.1 Å². The van der Waals surface area contributed by atoms with E-state index in [4.69, 9.17) is 9.66 Å². The van der Waals surface area contributed by atoms with Gasteiger partial charge in [0.25, 0.3) is 5.69 Å². The van der Waals surface area contributed by atoms with Gasteiger partial charge in [0.05, 0.1) is 4.92 Å². The second-order valence-electron chi connectivity index (χ2n) is 2.16. The number of nitro groups is 1. The fourth-order valence-electron chi connectivity index (χ4n) is 0.794. The van der Waals surface area contributed by atoms with Crippen LogP contribution in [0.5, 0.6) is 5.75 Å². The molecular weight excluding hydrogens is 198 g/mol. The Morgan fingerprint density at radius 1 is 1.46 bits per heavy atom. The molecule has 0 aliphatic rings. The number of aromatic hydroxyl groups is 1. The maximum absolute atomic E-state index is 10.6. The van der Waals surface area contributed by atoms with E-state index in [-0.39, 0.29) is 5.75 Å². The number of phenols is 1. The Labute approximate surface area is 75.3 Å². The van der Waals surface area contributed by atoms with Crippen molar-refractivity contribution >= 4 is 16.8 Å². The number of hydrogen-bond donors (Lipinski definition) is 2. The summed E-state index contributed by atoms with van der Waals surface area (Å²) < 4.78 is 19.2. The lowest BCUT2D eigenvalue weighted by molar-refractivity contribution is -0.387. The molecule has 0 bridgehead atoms. The number of nitrogens with zero attached hydrogens (tertiary/aromatic N) is 1. The van der Waals surface area contributed by atoms with Gasteiger partial charge in [-0.25, -0.2) is 4.21 Å². The molecule has 7 heteroatoms. The predicted molar refractivity (Wildman–Crippen MR) is 43.8 cm³/mol. The van der Waals surface area contributed by atoms with Crippen molar-refractivity contribution in [1.82, 2.24) is 0 Å². The molecule has 0 fully saturated rings. The zero-order valence-corrected chi connectivity index (χ0v) is 7.02. The maximum Gasteiger partial charge on any atom is 0.288 e. The molecule has 0 saturated carbocycles. The average Bonchev–Trinajstić information content (AvgIpc) is 2.03. The van der Waals surface area contributed by atoms with Crippen molar-refractivity contribution in [3.05, 3.63) is 28.3 Å². The highest BCUT2D eigenvalue weighted by atomic mass is 32.2. The molecule has 0 radical (unpaired) electrons. The Balaban J connectivity index is 3.35. The van der Waals surface area contributed by atoms with Crippen molar-refractivity contribution in [3.63, 3.8) is 0 Å². The molecule has 1 aromatic carbocycles. The number of hydrogen-bond acceptors (Lipinski definition) is 4. The van der Waals surface area contributed by atoms with Crippen molar-refractivity contribution in [3.8, 4) is 5.75 Å². The van der Waals surface area contributed by atoms with Crippen molar-refractivity contribution < 1.29 is 18.8 Å². The molecule has 13 heavy (non-hydrogen) atoms. The summed E-state index contributed by atoms with van der Waals surface area (Å²) in [6.07, 6.45) is 0. The minimum atomic E-state index is -2.47. The number of phenolic OH excluding ortho intramolecular Hbond substituents is 1. The van der Waals surface area contributed by atoms with Crippen LogP contribution in [0.1, 0.15) is 0 Å². The Kier molecular flexibility index (Phi) is 2.59. The topological polar surface area (TPSA) is 101 Å². The van der Waals surface area contributed by atoms with Crippen molar-refractivity contribution in [1.29, 1.82) is 0 Å². The van der Waals surface area contributed by atoms with E-state index in [0.29, 0.717) is 0 Å².